The van der Waals surface area contributed by atoms with Gasteiger partial charge in [-0.1, -0.05) is 36.4 Å². The fourth-order valence-corrected chi connectivity index (χ4v) is 4.94. The van der Waals surface area contributed by atoms with E-state index in [-0.39, 0.29) is 59.2 Å². The summed E-state index contributed by atoms with van der Waals surface area (Å²) >= 11 is 0. The zero-order valence-electron chi connectivity index (χ0n) is 24.4. The highest BCUT2D eigenvalue weighted by Gasteiger charge is 2.31. The van der Waals surface area contributed by atoms with E-state index in [1.807, 2.05) is 24.3 Å². The summed E-state index contributed by atoms with van der Waals surface area (Å²) in [5.41, 5.74) is 6.94. The van der Waals surface area contributed by atoms with Crippen molar-refractivity contribution in [2.75, 3.05) is 10.6 Å². The lowest BCUT2D eigenvalue weighted by Gasteiger charge is -2.19. The number of nitrogens with two attached hydrogens (primary N) is 1. The van der Waals surface area contributed by atoms with Crippen molar-refractivity contribution in [3.63, 3.8) is 0 Å². The molecule has 1 atom stereocenters. The van der Waals surface area contributed by atoms with Gasteiger partial charge in [-0.3, -0.25) is 4.79 Å². The minimum atomic E-state index is -4.71. The number of hydrogen-bond donors (Lipinski definition) is 7. The van der Waals surface area contributed by atoms with Crippen LogP contribution < -0.4 is 21.7 Å². The molecule has 0 fully saturated rings. The number of benzene rings is 4. The molecular formula is C33H29ClF3N5O5. The van der Waals surface area contributed by atoms with Gasteiger partial charge in [-0.15, -0.1) is 12.4 Å². The number of anilines is 4. The maximum Gasteiger partial charge on any atom is 0.416 e. The molecule has 14 heteroatoms. The second kappa shape index (κ2) is 14.3. The number of carbonyl (C=O) groups excluding carboxylic acids is 1. The molecule has 5 rings (SSSR count). The number of nitrogens with one attached hydrogen (secondary N) is 4. The molecule has 0 unspecified atom stereocenters. The number of aromatic carboxylic acids is 2. The Labute approximate surface area is 272 Å². The summed E-state index contributed by atoms with van der Waals surface area (Å²) in [6, 6.07) is 19.5. The number of halogens is 4. The molecule has 0 bridgehead atoms. The van der Waals surface area contributed by atoms with Crippen molar-refractivity contribution in [1.29, 1.82) is 0 Å². The number of aromatic nitrogens is 1. The number of hydrogen-bond acceptors (Lipinski definition) is 6. The second-order valence-electron chi connectivity index (χ2n) is 10.4. The van der Waals surface area contributed by atoms with Crippen LogP contribution in [0.2, 0.25) is 0 Å². The van der Waals surface area contributed by atoms with E-state index >= 15 is 0 Å². The number of carboxylic acid groups (broad SMARTS) is 2. The van der Waals surface area contributed by atoms with Gasteiger partial charge in [-0.25, -0.2) is 9.59 Å². The van der Waals surface area contributed by atoms with Crippen LogP contribution >= 0.6 is 12.4 Å². The van der Waals surface area contributed by atoms with Crippen LogP contribution in [-0.2, 0) is 23.9 Å². The molecule has 244 valence electrons. The van der Waals surface area contributed by atoms with Gasteiger partial charge in [0.05, 0.1) is 45.5 Å². The van der Waals surface area contributed by atoms with Crippen molar-refractivity contribution < 1.29 is 37.8 Å². The minimum Gasteiger partial charge on any atom is -0.478 e. The van der Waals surface area contributed by atoms with Gasteiger partial charge in [0.1, 0.15) is 0 Å². The molecule has 0 saturated heterocycles. The Morgan fingerprint density at radius 1 is 0.787 bits per heavy atom. The summed E-state index contributed by atoms with van der Waals surface area (Å²) in [5.74, 6) is -3.07. The first-order valence-corrected chi connectivity index (χ1v) is 13.9. The molecule has 1 aromatic heterocycles. The summed E-state index contributed by atoms with van der Waals surface area (Å²) in [4.78, 5) is 39.8. The number of carbonyl (C=O) groups is 3. The first-order valence-electron chi connectivity index (χ1n) is 13.9. The quantitative estimate of drug-likeness (QED) is 0.0818. The van der Waals surface area contributed by atoms with E-state index in [4.69, 9.17) is 5.73 Å². The average Bonchev–Trinajstić information content (AvgIpc) is 3.43. The van der Waals surface area contributed by atoms with Gasteiger partial charge >= 0.3 is 18.1 Å². The minimum absolute atomic E-state index is 0. The molecule has 0 radical (unpaired) electrons. The summed E-state index contributed by atoms with van der Waals surface area (Å²) in [6.45, 7) is -0.0523. The predicted molar refractivity (Wildman–Crippen MR) is 174 cm³/mol. The highest BCUT2D eigenvalue weighted by Crippen LogP contribution is 2.37. The molecule has 0 spiro atoms. The monoisotopic (exact) mass is 667 g/mol. The van der Waals surface area contributed by atoms with E-state index in [9.17, 15) is 37.8 Å². The predicted octanol–water partition coefficient (Wildman–Crippen LogP) is 6.68. The van der Waals surface area contributed by atoms with Gasteiger partial charge in [-0.05, 0) is 66.1 Å². The Bertz CT molecular complexity index is 1950. The lowest BCUT2D eigenvalue weighted by molar-refractivity contribution is -0.137. The normalized spacial score (nSPS) is 11.7. The standard InChI is InChI=1S/C33H28F3N5O5.ClH/c34-33(35,36)20-10-12-28(40-26-8-4-2-6-22(26)31(43)44)29(15-20)41-27-11-9-18(13-23(27)32(45)46)16-39-30(42)24(37)14-19-17-38-25-7-3-1-5-21(19)25;/h1-13,15,17,24,38,40-41H,14,16,37H2,(H,39,42)(H,43,44)(H,45,46);1H/t24-;/m0./s1. The topological polar surface area (TPSA) is 170 Å². The fraction of sp³-hybridized carbons (Fsp3) is 0.121. The van der Waals surface area contributed by atoms with E-state index < -0.39 is 35.6 Å². The van der Waals surface area contributed by atoms with Crippen molar-refractivity contribution in [2.45, 2.75) is 25.2 Å². The molecule has 5 aromatic rings. The average molecular weight is 668 g/mol. The molecule has 1 heterocycles. The number of amides is 1. The van der Waals surface area contributed by atoms with Gasteiger partial charge in [0.2, 0.25) is 5.91 Å². The zero-order valence-corrected chi connectivity index (χ0v) is 25.2. The van der Waals surface area contributed by atoms with E-state index in [2.05, 4.69) is 20.9 Å². The van der Waals surface area contributed by atoms with Crippen molar-refractivity contribution in [3.05, 3.63) is 119 Å². The van der Waals surface area contributed by atoms with Crippen LogP contribution in [-0.4, -0.2) is 39.1 Å². The molecule has 0 aliphatic heterocycles. The van der Waals surface area contributed by atoms with Crippen molar-refractivity contribution in [2.24, 2.45) is 5.73 Å². The second-order valence-corrected chi connectivity index (χ2v) is 10.4. The third-order valence-electron chi connectivity index (χ3n) is 7.28. The van der Waals surface area contributed by atoms with Crippen molar-refractivity contribution in [3.8, 4) is 0 Å². The number of H-pyrrole nitrogens is 1. The van der Waals surface area contributed by atoms with Gasteiger partial charge in [-0.2, -0.15) is 13.2 Å². The molecule has 10 nitrogen and oxygen atoms in total. The molecule has 1 amide bonds. The van der Waals surface area contributed by atoms with E-state index in [1.165, 1.54) is 36.4 Å². The third kappa shape index (κ3) is 8.01. The first kappa shape index (κ1) is 34.3. The van der Waals surface area contributed by atoms with Gasteiger partial charge in [0.15, 0.2) is 0 Å². The Morgan fingerprint density at radius 3 is 2.15 bits per heavy atom. The first-order chi connectivity index (χ1) is 21.9. The van der Waals surface area contributed by atoms with E-state index in [0.29, 0.717) is 5.56 Å². The lowest BCUT2D eigenvalue weighted by Crippen LogP contribution is -2.41. The van der Waals surface area contributed by atoms with Crippen LogP contribution in [0.1, 0.15) is 37.4 Å². The maximum atomic E-state index is 13.6. The molecule has 0 saturated carbocycles. The number of para-hydroxylation sites is 2. The Morgan fingerprint density at radius 2 is 1.43 bits per heavy atom. The Balaban J connectivity index is 0.00000500. The smallest absolute Gasteiger partial charge is 0.416 e. The van der Waals surface area contributed by atoms with Gasteiger partial charge < -0.3 is 36.9 Å². The SMILES string of the molecule is Cl.N[C@@H](Cc1c[nH]c2ccccc12)C(=O)NCc1ccc(Nc2cc(C(F)(F)F)ccc2Nc2ccccc2C(=O)O)c(C(=O)O)c1. The van der Waals surface area contributed by atoms with E-state index in [0.717, 1.165) is 34.7 Å². The molecule has 4 aromatic carbocycles. The number of aromatic amines is 1. The molecule has 0 aliphatic rings. The number of carboxylic acids is 2. The maximum absolute atomic E-state index is 13.6. The van der Waals surface area contributed by atoms with Crippen molar-refractivity contribution >= 4 is 63.9 Å². The zero-order chi connectivity index (χ0) is 33.0. The highest BCUT2D eigenvalue weighted by molar-refractivity contribution is 5.98. The van der Waals surface area contributed by atoms with E-state index in [1.54, 1.807) is 12.3 Å². The third-order valence-corrected chi connectivity index (χ3v) is 7.28. The number of fused-ring (bicyclic) bond motifs is 1. The van der Waals surface area contributed by atoms with Crippen LogP contribution in [0.15, 0.2) is 91.1 Å². The summed E-state index contributed by atoms with van der Waals surface area (Å²) < 4.78 is 40.8. The molecular weight excluding hydrogens is 639 g/mol. The highest BCUT2D eigenvalue weighted by atomic mass is 35.5. The Hall–Kier alpha value is -5.53. The summed E-state index contributed by atoms with van der Waals surface area (Å²) in [7, 11) is 0. The number of alkyl halides is 3. The van der Waals surface area contributed by atoms with Crippen molar-refractivity contribution in [1.82, 2.24) is 10.3 Å². The molecule has 0 aliphatic carbocycles. The van der Waals surface area contributed by atoms with Crippen LogP contribution in [0.3, 0.4) is 0 Å². The van der Waals surface area contributed by atoms with Crippen LogP contribution in [0.4, 0.5) is 35.9 Å². The van der Waals surface area contributed by atoms with Crippen LogP contribution in [0.5, 0.6) is 0 Å². The largest absolute Gasteiger partial charge is 0.478 e. The lowest BCUT2D eigenvalue weighted by atomic mass is 10.0. The Kier molecular flexibility index (Phi) is 10.4. The molecule has 8 N–H and O–H groups in total. The molecule has 47 heavy (non-hydrogen) atoms. The summed E-state index contributed by atoms with van der Waals surface area (Å²) in [5, 5.41) is 28.7. The summed E-state index contributed by atoms with van der Waals surface area (Å²) in [6.07, 6.45) is -2.65. The number of rotatable bonds is 11. The van der Waals surface area contributed by atoms with Crippen LogP contribution in [0.25, 0.3) is 10.9 Å². The van der Waals surface area contributed by atoms with Gasteiger partial charge in [0, 0.05) is 23.6 Å². The van der Waals surface area contributed by atoms with Crippen LogP contribution in [0, 0.1) is 0 Å². The fourth-order valence-electron chi connectivity index (χ4n) is 4.94. The van der Waals surface area contributed by atoms with Gasteiger partial charge in [0.25, 0.3) is 0 Å².